The van der Waals surface area contributed by atoms with Gasteiger partial charge in [0.15, 0.2) is 5.69 Å². The predicted molar refractivity (Wildman–Crippen MR) is 89.7 cm³/mol. The second-order valence-corrected chi connectivity index (χ2v) is 5.64. The summed E-state index contributed by atoms with van der Waals surface area (Å²) in [5.74, 6) is 0.312. The number of nitrogens with zero attached hydrogens (tertiary/aromatic N) is 4. The molecule has 0 aliphatic heterocycles. The Labute approximate surface area is 139 Å². The van der Waals surface area contributed by atoms with Gasteiger partial charge in [-0.3, -0.25) is 0 Å². The van der Waals surface area contributed by atoms with Crippen LogP contribution in [0.4, 0.5) is 0 Å². The quantitative estimate of drug-likeness (QED) is 0.673. The summed E-state index contributed by atoms with van der Waals surface area (Å²) in [5, 5.41) is 9.31. The van der Waals surface area contributed by atoms with Crippen LogP contribution in [0.25, 0.3) is 16.6 Å². The van der Waals surface area contributed by atoms with Crippen LogP contribution in [0.5, 0.6) is 5.75 Å². The smallest absolute Gasteiger partial charge is 0.360 e. The van der Waals surface area contributed by atoms with Gasteiger partial charge in [0, 0.05) is 17.6 Å². The molecule has 24 heavy (non-hydrogen) atoms. The first-order valence-corrected chi connectivity index (χ1v) is 7.83. The van der Waals surface area contributed by atoms with Crippen LogP contribution in [0.1, 0.15) is 37.3 Å². The van der Waals surface area contributed by atoms with Crippen molar-refractivity contribution in [2.24, 2.45) is 0 Å². The fraction of sp³-hybridized carbons (Fsp3) is 0.353. The molecular weight excluding hydrogens is 308 g/mol. The van der Waals surface area contributed by atoms with Crippen LogP contribution >= 0.6 is 0 Å². The molecule has 7 nitrogen and oxygen atoms in total. The van der Waals surface area contributed by atoms with Crippen molar-refractivity contribution in [3.8, 4) is 11.4 Å². The minimum absolute atomic E-state index is 0.184. The van der Waals surface area contributed by atoms with Crippen molar-refractivity contribution >= 4 is 16.9 Å². The monoisotopic (exact) mass is 328 g/mol. The molecule has 0 spiro atoms. The van der Waals surface area contributed by atoms with E-state index in [9.17, 15) is 4.79 Å². The highest BCUT2D eigenvalue weighted by Crippen LogP contribution is 2.31. The van der Waals surface area contributed by atoms with E-state index in [4.69, 9.17) is 9.47 Å². The van der Waals surface area contributed by atoms with Crippen LogP contribution in [0.2, 0.25) is 0 Å². The highest BCUT2D eigenvalue weighted by Gasteiger charge is 2.15. The number of hydrogen-bond acceptors (Lipinski definition) is 5. The Hall–Kier alpha value is -2.83. The lowest BCUT2D eigenvalue weighted by Crippen LogP contribution is -2.07. The average molecular weight is 328 g/mol. The lowest BCUT2D eigenvalue weighted by molar-refractivity contribution is 0.0519. The van der Waals surface area contributed by atoms with Crippen molar-refractivity contribution in [1.29, 1.82) is 0 Å². The third kappa shape index (κ3) is 2.73. The highest BCUT2D eigenvalue weighted by molar-refractivity contribution is 5.89. The Morgan fingerprint density at radius 1 is 1.33 bits per heavy atom. The molecule has 0 aliphatic rings. The van der Waals surface area contributed by atoms with E-state index in [-0.39, 0.29) is 5.69 Å². The number of hydrogen-bond donors (Lipinski definition) is 0. The lowest BCUT2D eigenvalue weighted by Gasteiger charge is -2.08. The fourth-order valence-electron chi connectivity index (χ4n) is 2.61. The summed E-state index contributed by atoms with van der Waals surface area (Å²) >= 11 is 0. The SMILES string of the molecule is CCOC(=O)c1cnn(-c2ccc3c(c2)c(OC)cn3C(C)C)n1. The van der Waals surface area contributed by atoms with Crippen molar-refractivity contribution in [3.05, 3.63) is 36.3 Å². The number of carbonyl (C=O) groups excluding carboxylic acids is 1. The van der Waals surface area contributed by atoms with Gasteiger partial charge in [-0.25, -0.2) is 4.79 Å². The first kappa shape index (κ1) is 16.0. The highest BCUT2D eigenvalue weighted by atomic mass is 16.5. The molecule has 3 aromatic rings. The molecule has 0 unspecified atom stereocenters. The zero-order valence-electron chi connectivity index (χ0n) is 14.2. The molecule has 0 aliphatic carbocycles. The van der Waals surface area contributed by atoms with Crippen molar-refractivity contribution in [2.75, 3.05) is 13.7 Å². The van der Waals surface area contributed by atoms with Crippen molar-refractivity contribution < 1.29 is 14.3 Å². The Kier molecular flexibility index (Phi) is 4.24. The van der Waals surface area contributed by atoms with Gasteiger partial charge < -0.3 is 14.0 Å². The third-order valence-corrected chi connectivity index (χ3v) is 3.76. The summed E-state index contributed by atoms with van der Waals surface area (Å²) in [6.07, 6.45) is 3.39. The molecule has 2 aromatic heterocycles. The number of ether oxygens (including phenoxy) is 2. The second-order valence-electron chi connectivity index (χ2n) is 5.64. The number of carbonyl (C=O) groups is 1. The van der Waals surface area contributed by atoms with Crippen LogP contribution in [0.15, 0.2) is 30.6 Å². The van der Waals surface area contributed by atoms with E-state index in [1.165, 1.54) is 11.0 Å². The molecule has 1 aromatic carbocycles. The molecule has 7 heteroatoms. The van der Waals surface area contributed by atoms with Gasteiger partial charge in [0.1, 0.15) is 5.75 Å². The molecule has 0 saturated carbocycles. The maximum Gasteiger partial charge on any atom is 0.360 e. The van der Waals surface area contributed by atoms with Crippen LogP contribution in [-0.2, 0) is 4.74 Å². The van der Waals surface area contributed by atoms with E-state index in [0.29, 0.717) is 12.6 Å². The maximum absolute atomic E-state index is 11.7. The molecule has 0 N–H and O–H groups in total. The Balaban J connectivity index is 2.03. The predicted octanol–water partition coefficient (Wildman–Crippen LogP) is 2.99. The molecule has 0 saturated heterocycles. The Morgan fingerprint density at radius 2 is 2.12 bits per heavy atom. The van der Waals surface area contributed by atoms with E-state index in [1.54, 1.807) is 14.0 Å². The Morgan fingerprint density at radius 3 is 2.79 bits per heavy atom. The molecule has 0 fully saturated rings. The topological polar surface area (TPSA) is 71.2 Å². The molecule has 0 atom stereocenters. The summed E-state index contributed by atoms with van der Waals surface area (Å²) in [6.45, 7) is 6.29. The zero-order chi connectivity index (χ0) is 17.3. The van der Waals surface area contributed by atoms with Gasteiger partial charge in [0.25, 0.3) is 0 Å². The van der Waals surface area contributed by atoms with Crippen LogP contribution in [0.3, 0.4) is 0 Å². The molecule has 0 radical (unpaired) electrons. The Bertz CT molecular complexity index is 879. The van der Waals surface area contributed by atoms with Crippen LogP contribution < -0.4 is 4.74 Å². The normalized spacial score (nSPS) is 11.2. The van der Waals surface area contributed by atoms with Gasteiger partial charge in [-0.15, -0.1) is 5.10 Å². The minimum atomic E-state index is -0.478. The third-order valence-electron chi connectivity index (χ3n) is 3.76. The zero-order valence-corrected chi connectivity index (χ0v) is 14.2. The number of fused-ring (bicyclic) bond motifs is 1. The molecule has 3 rings (SSSR count). The van der Waals surface area contributed by atoms with E-state index in [2.05, 4.69) is 28.6 Å². The van der Waals surface area contributed by atoms with Crippen molar-refractivity contribution in [2.45, 2.75) is 26.8 Å². The number of methoxy groups -OCH3 is 1. The van der Waals surface area contributed by atoms with Gasteiger partial charge in [0.05, 0.1) is 31.1 Å². The summed E-state index contributed by atoms with van der Waals surface area (Å²) in [7, 11) is 1.65. The second kappa shape index (κ2) is 6.35. The van der Waals surface area contributed by atoms with Gasteiger partial charge in [-0.1, -0.05) is 0 Å². The number of benzene rings is 1. The van der Waals surface area contributed by atoms with Crippen molar-refractivity contribution in [3.63, 3.8) is 0 Å². The summed E-state index contributed by atoms with van der Waals surface area (Å²) in [5.41, 5.74) is 2.00. The lowest BCUT2D eigenvalue weighted by atomic mass is 10.2. The number of rotatable bonds is 5. The largest absolute Gasteiger partial charge is 0.495 e. The fourth-order valence-corrected chi connectivity index (χ4v) is 2.61. The van der Waals surface area contributed by atoms with E-state index >= 15 is 0 Å². The maximum atomic E-state index is 11.7. The molecular formula is C17H20N4O3. The first-order chi connectivity index (χ1) is 11.5. The van der Waals surface area contributed by atoms with Gasteiger partial charge in [0.2, 0.25) is 0 Å². The average Bonchev–Trinajstić information content (AvgIpc) is 3.19. The molecule has 126 valence electrons. The summed E-state index contributed by atoms with van der Waals surface area (Å²) in [4.78, 5) is 13.1. The van der Waals surface area contributed by atoms with E-state index in [0.717, 1.165) is 22.3 Å². The van der Waals surface area contributed by atoms with Crippen LogP contribution in [-0.4, -0.2) is 39.2 Å². The number of aromatic nitrogens is 4. The summed E-state index contributed by atoms with van der Waals surface area (Å²) < 4.78 is 12.6. The molecule has 2 heterocycles. The molecule has 0 amide bonds. The summed E-state index contributed by atoms with van der Waals surface area (Å²) in [6, 6.07) is 6.18. The van der Waals surface area contributed by atoms with Crippen LogP contribution in [0, 0.1) is 0 Å². The van der Waals surface area contributed by atoms with Gasteiger partial charge in [-0.05, 0) is 39.0 Å². The number of esters is 1. The standard InChI is InChI=1S/C17H20N4O3/c1-5-24-17(22)14-9-18-21(19-14)12-6-7-15-13(8-12)16(23-4)10-20(15)11(2)3/h6-11H,5H2,1-4H3. The van der Waals surface area contributed by atoms with E-state index < -0.39 is 5.97 Å². The van der Waals surface area contributed by atoms with Crippen molar-refractivity contribution in [1.82, 2.24) is 19.6 Å². The van der Waals surface area contributed by atoms with Gasteiger partial charge >= 0.3 is 5.97 Å². The molecule has 0 bridgehead atoms. The first-order valence-electron chi connectivity index (χ1n) is 7.83. The van der Waals surface area contributed by atoms with E-state index in [1.807, 2.05) is 24.4 Å². The minimum Gasteiger partial charge on any atom is -0.495 e. The van der Waals surface area contributed by atoms with Gasteiger partial charge in [-0.2, -0.15) is 9.90 Å².